The van der Waals surface area contributed by atoms with Gasteiger partial charge in [-0.05, 0) is 32.2 Å². The van der Waals surface area contributed by atoms with Gasteiger partial charge in [0.2, 0.25) is 5.91 Å². The lowest BCUT2D eigenvalue weighted by Gasteiger charge is -2.16. The third-order valence-electron chi connectivity index (χ3n) is 3.93. The second-order valence-corrected chi connectivity index (χ2v) is 5.42. The number of carbonyl (C=O) groups excluding carboxylic acids is 1. The largest absolute Gasteiger partial charge is 0.376 e. The fraction of sp³-hybridized carbons (Fsp3) is 0.929. The summed E-state index contributed by atoms with van der Waals surface area (Å²) < 4.78 is 5.84. The van der Waals surface area contributed by atoms with Crippen molar-refractivity contribution in [3.05, 3.63) is 0 Å². The zero-order valence-corrected chi connectivity index (χ0v) is 11.2. The van der Waals surface area contributed by atoms with Gasteiger partial charge in [-0.1, -0.05) is 25.7 Å². The van der Waals surface area contributed by atoms with Crippen LogP contribution in [0.1, 0.15) is 51.4 Å². The molecular weight excluding hydrogens is 228 g/mol. The Bertz CT molecular complexity index is 244. The number of carbonyl (C=O) groups is 1. The van der Waals surface area contributed by atoms with E-state index in [-0.39, 0.29) is 11.9 Å². The number of nitrogens with one attached hydrogen (secondary N) is 2. The van der Waals surface area contributed by atoms with Crippen LogP contribution in [0.15, 0.2) is 0 Å². The minimum atomic E-state index is 0.0304. The molecule has 1 heterocycles. The zero-order valence-electron chi connectivity index (χ0n) is 11.2. The first kappa shape index (κ1) is 13.8. The van der Waals surface area contributed by atoms with E-state index >= 15 is 0 Å². The van der Waals surface area contributed by atoms with E-state index in [0.29, 0.717) is 19.3 Å². The fourth-order valence-electron chi connectivity index (χ4n) is 2.84. The summed E-state index contributed by atoms with van der Waals surface area (Å²) in [5, 5.41) is 6.16. The third kappa shape index (κ3) is 4.58. The Morgan fingerprint density at radius 2 is 1.89 bits per heavy atom. The topological polar surface area (TPSA) is 50.4 Å². The quantitative estimate of drug-likeness (QED) is 0.579. The molecule has 1 saturated heterocycles. The highest BCUT2D eigenvalue weighted by Gasteiger charge is 2.21. The molecule has 1 unspecified atom stereocenters. The van der Waals surface area contributed by atoms with Crippen LogP contribution in [0.5, 0.6) is 0 Å². The van der Waals surface area contributed by atoms with Crippen LogP contribution in [0, 0.1) is 0 Å². The molecule has 1 aliphatic carbocycles. The van der Waals surface area contributed by atoms with Gasteiger partial charge in [-0.3, -0.25) is 4.79 Å². The lowest BCUT2D eigenvalue weighted by Crippen LogP contribution is -2.41. The molecule has 2 rings (SSSR count). The van der Waals surface area contributed by atoms with Gasteiger partial charge >= 0.3 is 0 Å². The minimum absolute atomic E-state index is 0.0304. The van der Waals surface area contributed by atoms with Crippen molar-refractivity contribution in [3.63, 3.8) is 0 Å². The van der Waals surface area contributed by atoms with E-state index in [2.05, 4.69) is 10.6 Å². The number of rotatable bonds is 5. The fourth-order valence-corrected chi connectivity index (χ4v) is 2.84. The summed E-state index contributed by atoms with van der Waals surface area (Å²) in [6.07, 6.45) is 10.2. The second kappa shape index (κ2) is 7.74. The summed E-state index contributed by atoms with van der Waals surface area (Å²) in [6, 6.07) is 0.0304. The van der Waals surface area contributed by atoms with Crippen LogP contribution >= 0.6 is 0 Å². The molecule has 104 valence electrons. The summed E-state index contributed by atoms with van der Waals surface area (Å²) in [6.45, 7) is 2.27. The Hall–Kier alpha value is -0.610. The van der Waals surface area contributed by atoms with Crippen LogP contribution in [0.2, 0.25) is 0 Å². The number of hydrogen-bond acceptors (Lipinski definition) is 3. The number of amides is 1. The summed E-state index contributed by atoms with van der Waals surface area (Å²) in [4.78, 5) is 11.7. The zero-order chi connectivity index (χ0) is 12.6. The maximum absolute atomic E-state index is 11.7. The average molecular weight is 254 g/mol. The van der Waals surface area contributed by atoms with Gasteiger partial charge in [0, 0.05) is 6.54 Å². The Morgan fingerprint density at radius 1 is 1.11 bits per heavy atom. The van der Waals surface area contributed by atoms with Crippen LogP contribution in [0.3, 0.4) is 0 Å². The van der Waals surface area contributed by atoms with Gasteiger partial charge in [-0.25, -0.2) is 0 Å². The van der Waals surface area contributed by atoms with E-state index in [1.54, 1.807) is 0 Å². The van der Waals surface area contributed by atoms with Gasteiger partial charge in [-0.15, -0.1) is 0 Å². The van der Waals surface area contributed by atoms with E-state index < -0.39 is 0 Å². The smallest absolute Gasteiger partial charge is 0.237 e. The summed E-state index contributed by atoms with van der Waals surface area (Å²) in [7, 11) is 0. The molecule has 2 fully saturated rings. The molecule has 0 aromatic heterocycles. The maximum Gasteiger partial charge on any atom is 0.237 e. The molecule has 1 aliphatic heterocycles. The van der Waals surface area contributed by atoms with Crippen molar-refractivity contribution in [2.75, 3.05) is 19.7 Å². The molecule has 4 heteroatoms. The van der Waals surface area contributed by atoms with E-state index in [1.807, 2.05) is 0 Å². The third-order valence-corrected chi connectivity index (χ3v) is 3.93. The molecule has 1 atom stereocenters. The summed E-state index contributed by atoms with van der Waals surface area (Å²) in [5.41, 5.74) is 0. The van der Waals surface area contributed by atoms with Crippen LogP contribution in [0.4, 0.5) is 0 Å². The summed E-state index contributed by atoms with van der Waals surface area (Å²) >= 11 is 0. The molecule has 1 saturated carbocycles. The van der Waals surface area contributed by atoms with Crippen molar-refractivity contribution in [1.82, 2.24) is 10.6 Å². The Balaban J connectivity index is 1.53. The Morgan fingerprint density at radius 3 is 2.56 bits per heavy atom. The Kier molecular flexibility index (Phi) is 5.94. The van der Waals surface area contributed by atoms with Crippen LogP contribution in [0.25, 0.3) is 0 Å². The van der Waals surface area contributed by atoms with Crippen molar-refractivity contribution in [2.45, 2.75) is 63.5 Å². The van der Waals surface area contributed by atoms with E-state index in [4.69, 9.17) is 4.74 Å². The first-order chi connectivity index (χ1) is 8.86. The van der Waals surface area contributed by atoms with Gasteiger partial charge in [0.15, 0.2) is 0 Å². The molecule has 0 aromatic carbocycles. The second-order valence-electron chi connectivity index (χ2n) is 5.42. The highest BCUT2D eigenvalue weighted by Crippen LogP contribution is 2.19. The molecular formula is C14H26N2O2. The molecule has 0 spiro atoms. The standard InChI is InChI=1S/C14H26N2O2/c17-14(13-8-5-9-15-13)16-10-11-18-12-6-3-1-2-4-7-12/h12-13,15H,1-11H2,(H,16,17). The van der Waals surface area contributed by atoms with Gasteiger partial charge in [-0.2, -0.15) is 0 Å². The first-order valence-corrected chi connectivity index (χ1v) is 7.49. The van der Waals surface area contributed by atoms with E-state index in [9.17, 15) is 4.79 Å². The molecule has 18 heavy (non-hydrogen) atoms. The van der Waals surface area contributed by atoms with Crippen LogP contribution in [-0.4, -0.2) is 37.7 Å². The minimum Gasteiger partial charge on any atom is -0.376 e. The summed E-state index contributed by atoms with van der Waals surface area (Å²) in [5.74, 6) is 0.136. The van der Waals surface area contributed by atoms with Gasteiger partial charge in [0.1, 0.15) is 0 Å². The maximum atomic E-state index is 11.7. The normalized spacial score (nSPS) is 25.9. The molecule has 2 aliphatic rings. The van der Waals surface area contributed by atoms with Crippen molar-refractivity contribution in [1.29, 1.82) is 0 Å². The molecule has 0 radical (unpaired) electrons. The van der Waals surface area contributed by atoms with Gasteiger partial charge in [0.25, 0.3) is 0 Å². The molecule has 2 N–H and O–H groups in total. The number of hydrogen-bond donors (Lipinski definition) is 2. The first-order valence-electron chi connectivity index (χ1n) is 7.49. The highest BCUT2D eigenvalue weighted by molar-refractivity contribution is 5.81. The van der Waals surface area contributed by atoms with Crippen molar-refractivity contribution >= 4 is 5.91 Å². The molecule has 0 bridgehead atoms. The number of ether oxygens (including phenoxy) is 1. The van der Waals surface area contributed by atoms with Crippen LogP contribution < -0.4 is 10.6 Å². The predicted octanol–water partition coefficient (Wildman–Crippen LogP) is 1.59. The lowest BCUT2D eigenvalue weighted by molar-refractivity contribution is -0.123. The van der Waals surface area contributed by atoms with Gasteiger partial charge in [0.05, 0.1) is 18.8 Å². The van der Waals surface area contributed by atoms with Crippen molar-refractivity contribution in [3.8, 4) is 0 Å². The predicted molar refractivity (Wildman–Crippen MR) is 71.5 cm³/mol. The molecule has 0 aromatic rings. The lowest BCUT2D eigenvalue weighted by atomic mass is 10.1. The van der Waals surface area contributed by atoms with Gasteiger partial charge < -0.3 is 15.4 Å². The Labute approximate surface area is 110 Å². The molecule has 4 nitrogen and oxygen atoms in total. The van der Waals surface area contributed by atoms with Crippen LogP contribution in [-0.2, 0) is 9.53 Å². The van der Waals surface area contributed by atoms with Crippen molar-refractivity contribution in [2.24, 2.45) is 0 Å². The SMILES string of the molecule is O=C(NCCOC1CCCCCC1)C1CCCN1. The monoisotopic (exact) mass is 254 g/mol. The average Bonchev–Trinajstić information content (AvgIpc) is 2.80. The van der Waals surface area contributed by atoms with Crippen molar-refractivity contribution < 1.29 is 9.53 Å². The van der Waals surface area contributed by atoms with E-state index in [0.717, 1.165) is 19.4 Å². The molecule has 1 amide bonds. The van der Waals surface area contributed by atoms with E-state index in [1.165, 1.54) is 38.5 Å². The highest BCUT2D eigenvalue weighted by atomic mass is 16.5.